The Labute approximate surface area is 98.8 Å². The normalized spacial score (nSPS) is 23.0. The molecule has 0 aromatic carbocycles. The van der Waals surface area contributed by atoms with Gasteiger partial charge in [0.15, 0.2) is 5.79 Å². The molecule has 0 N–H and O–H groups in total. The maximum absolute atomic E-state index is 5.71. The number of ether oxygens (including phenoxy) is 3. The maximum Gasteiger partial charge on any atom is 0.162 e. The molecule has 1 heterocycles. The van der Waals surface area contributed by atoms with E-state index in [1.165, 1.54) is 0 Å². The Hall–Kier alpha value is -0.380. The molecule has 0 radical (unpaired) electrons. The van der Waals surface area contributed by atoms with E-state index in [-0.39, 0.29) is 5.41 Å². The van der Waals surface area contributed by atoms with Gasteiger partial charge in [0.2, 0.25) is 0 Å². The minimum atomic E-state index is -0.451. The molecule has 0 amide bonds. The standard InChI is InChI=1S/C13H24O3/c1-6-13(8-14-7-11(2)3)9-15-12(4,5)16-10-13/h2,6-10H2,1,3-5H3. The molecule has 94 valence electrons. The van der Waals surface area contributed by atoms with Crippen LogP contribution in [0.3, 0.4) is 0 Å². The third-order valence-corrected chi connectivity index (χ3v) is 2.96. The van der Waals surface area contributed by atoms with Crippen molar-refractivity contribution >= 4 is 0 Å². The van der Waals surface area contributed by atoms with Crippen molar-refractivity contribution in [1.82, 2.24) is 0 Å². The van der Waals surface area contributed by atoms with Crippen molar-refractivity contribution in [3.63, 3.8) is 0 Å². The van der Waals surface area contributed by atoms with E-state index in [0.717, 1.165) is 12.0 Å². The second kappa shape index (κ2) is 5.30. The van der Waals surface area contributed by atoms with E-state index in [4.69, 9.17) is 14.2 Å². The van der Waals surface area contributed by atoms with Gasteiger partial charge in [-0.05, 0) is 27.2 Å². The summed E-state index contributed by atoms with van der Waals surface area (Å²) < 4.78 is 17.0. The molecule has 0 saturated carbocycles. The SMILES string of the molecule is C=C(C)COCC1(CC)COC(C)(C)OC1. The third kappa shape index (κ3) is 3.89. The Morgan fingerprint density at radius 3 is 2.31 bits per heavy atom. The smallest absolute Gasteiger partial charge is 0.162 e. The summed E-state index contributed by atoms with van der Waals surface area (Å²) in [5, 5.41) is 0. The molecule has 1 saturated heterocycles. The first-order valence-electron chi connectivity index (χ1n) is 5.89. The average Bonchev–Trinajstić information content (AvgIpc) is 2.21. The number of hydrogen-bond acceptors (Lipinski definition) is 3. The fraction of sp³-hybridized carbons (Fsp3) is 0.846. The van der Waals surface area contributed by atoms with E-state index in [0.29, 0.717) is 26.4 Å². The van der Waals surface area contributed by atoms with Crippen molar-refractivity contribution < 1.29 is 14.2 Å². The summed E-state index contributed by atoms with van der Waals surface area (Å²) in [4.78, 5) is 0. The highest BCUT2D eigenvalue weighted by atomic mass is 16.7. The summed E-state index contributed by atoms with van der Waals surface area (Å²) in [6.07, 6.45) is 0.999. The zero-order chi connectivity index (χ0) is 12.2. The van der Waals surface area contributed by atoms with Gasteiger partial charge in [0.05, 0.1) is 26.4 Å². The van der Waals surface area contributed by atoms with Crippen LogP contribution in [-0.2, 0) is 14.2 Å². The first kappa shape index (κ1) is 13.7. The van der Waals surface area contributed by atoms with Gasteiger partial charge in [-0.2, -0.15) is 0 Å². The summed E-state index contributed by atoms with van der Waals surface area (Å²) >= 11 is 0. The van der Waals surface area contributed by atoms with Crippen LogP contribution in [-0.4, -0.2) is 32.2 Å². The van der Waals surface area contributed by atoms with Gasteiger partial charge < -0.3 is 14.2 Å². The fourth-order valence-corrected chi connectivity index (χ4v) is 1.57. The predicted octanol–water partition coefficient (Wildman–Crippen LogP) is 2.76. The second-order valence-electron chi connectivity index (χ2n) is 5.28. The zero-order valence-corrected chi connectivity index (χ0v) is 11.0. The van der Waals surface area contributed by atoms with Crippen LogP contribution in [0.5, 0.6) is 0 Å². The molecule has 1 aliphatic rings. The lowest BCUT2D eigenvalue weighted by Gasteiger charge is -2.42. The molecule has 3 nitrogen and oxygen atoms in total. The fourth-order valence-electron chi connectivity index (χ4n) is 1.57. The van der Waals surface area contributed by atoms with Crippen LogP contribution in [0.2, 0.25) is 0 Å². The highest BCUT2D eigenvalue weighted by Gasteiger charge is 2.39. The topological polar surface area (TPSA) is 27.7 Å². The Balaban J connectivity index is 2.43. The van der Waals surface area contributed by atoms with Gasteiger partial charge in [-0.1, -0.05) is 19.1 Å². The Bertz CT molecular complexity index is 236. The van der Waals surface area contributed by atoms with E-state index in [2.05, 4.69) is 13.5 Å². The number of hydrogen-bond donors (Lipinski definition) is 0. The minimum Gasteiger partial charge on any atom is -0.376 e. The largest absolute Gasteiger partial charge is 0.376 e. The lowest BCUT2D eigenvalue weighted by Crippen LogP contribution is -2.48. The molecular weight excluding hydrogens is 204 g/mol. The molecule has 1 fully saturated rings. The monoisotopic (exact) mass is 228 g/mol. The van der Waals surface area contributed by atoms with Gasteiger partial charge in [0.1, 0.15) is 0 Å². The van der Waals surface area contributed by atoms with Crippen molar-refractivity contribution in [2.75, 3.05) is 26.4 Å². The van der Waals surface area contributed by atoms with Crippen LogP contribution in [0.4, 0.5) is 0 Å². The molecule has 16 heavy (non-hydrogen) atoms. The molecular formula is C13H24O3. The summed E-state index contributed by atoms with van der Waals surface area (Å²) in [5.74, 6) is -0.451. The summed E-state index contributed by atoms with van der Waals surface area (Å²) in [6, 6.07) is 0. The van der Waals surface area contributed by atoms with Crippen LogP contribution >= 0.6 is 0 Å². The van der Waals surface area contributed by atoms with Gasteiger partial charge in [-0.25, -0.2) is 0 Å². The highest BCUT2D eigenvalue weighted by Crippen LogP contribution is 2.32. The van der Waals surface area contributed by atoms with E-state index >= 15 is 0 Å². The lowest BCUT2D eigenvalue weighted by atomic mass is 9.87. The van der Waals surface area contributed by atoms with Crippen LogP contribution in [0, 0.1) is 5.41 Å². The lowest BCUT2D eigenvalue weighted by molar-refractivity contribution is -0.292. The van der Waals surface area contributed by atoms with Crippen molar-refractivity contribution in [3.05, 3.63) is 12.2 Å². The van der Waals surface area contributed by atoms with E-state index in [1.807, 2.05) is 20.8 Å². The van der Waals surface area contributed by atoms with E-state index in [1.54, 1.807) is 0 Å². The molecule has 0 spiro atoms. The summed E-state index contributed by atoms with van der Waals surface area (Å²) in [7, 11) is 0. The molecule has 0 atom stereocenters. The van der Waals surface area contributed by atoms with Crippen LogP contribution < -0.4 is 0 Å². The zero-order valence-electron chi connectivity index (χ0n) is 11.0. The Morgan fingerprint density at radius 2 is 1.88 bits per heavy atom. The molecule has 0 aromatic rings. The van der Waals surface area contributed by atoms with Crippen molar-refractivity contribution in [1.29, 1.82) is 0 Å². The molecule has 1 rings (SSSR count). The van der Waals surface area contributed by atoms with E-state index in [9.17, 15) is 0 Å². The van der Waals surface area contributed by atoms with Gasteiger partial charge in [0, 0.05) is 5.41 Å². The van der Waals surface area contributed by atoms with Crippen molar-refractivity contribution in [2.24, 2.45) is 5.41 Å². The second-order valence-corrected chi connectivity index (χ2v) is 5.28. The van der Waals surface area contributed by atoms with Gasteiger partial charge in [-0.15, -0.1) is 0 Å². The Kier molecular flexibility index (Phi) is 4.53. The molecule has 0 unspecified atom stereocenters. The Morgan fingerprint density at radius 1 is 1.31 bits per heavy atom. The van der Waals surface area contributed by atoms with Crippen molar-refractivity contribution in [2.45, 2.75) is 39.9 Å². The molecule has 0 aromatic heterocycles. The first-order chi connectivity index (χ1) is 7.39. The average molecular weight is 228 g/mol. The van der Waals surface area contributed by atoms with Gasteiger partial charge in [0.25, 0.3) is 0 Å². The highest BCUT2D eigenvalue weighted by molar-refractivity contribution is 4.89. The molecule has 1 aliphatic heterocycles. The summed E-state index contributed by atoms with van der Waals surface area (Å²) in [5.41, 5.74) is 1.05. The molecule has 3 heteroatoms. The van der Waals surface area contributed by atoms with Crippen molar-refractivity contribution in [3.8, 4) is 0 Å². The van der Waals surface area contributed by atoms with Gasteiger partial charge in [-0.3, -0.25) is 0 Å². The summed E-state index contributed by atoms with van der Waals surface area (Å²) in [6.45, 7) is 14.5. The maximum atomic E-state index is 5.71. The predicted molar refractivity (Wildman–Crippen MR) is 64.3 cm³/mol. The quantitative estimate of drug-likeness (QED) is 0.677. The van der Waals surface area contributed by atoms with E-state index < -0.39 is 5.79 Å². The van der Waals surface area contributed by atoms with Crippen LogP contribution in [0.15, 0.2) is 12.2 Å². The minimum absolute atomic E-state index is 0.00493. The molecule has 0 aliphatic carbocycles. The van der Waals surface area contributed by atoms with Crippen LogP contribution in [0.25, 0.3) is 0 Å². The van der Waals surface area contributed by atoms with Gasteiger partial charge >= 0.3 is 0 Å². The molecule has 0 bridgehead atoms. The third-order valence-electron chi connectivity index (χ3n) is 2.96. The first-order valence-corrected chi connectivity index (χ1v) is 5.89. The number of rotatable bonds is 5. The van der Waals surface area contributed by atoms with Crippen LogP contribution in [0.1, 0.15) is 34.1 Å².